The van der Waals surface area contributed by atoms with Crippen LogP contribution in [0.5, 0.6) is 0 Å². The molecule has 2 aliphatic rings. The molecular weight excluding hydrogens is 618 g/mol. The minimum atomic E-state index is -3.94. The number of carbonyl (C=O) groups is 2. The van der Waals surface area contributed by atoms with Crippen molar-refractivity contribution in [2.45, 2.75) is 61.6 Å². The smallest absolute Gasteiger partial charge is 0.306 e. The Morgan fingerprint density at radius 3 is 2.33 bits per heavy atom. The van der Waals surface area contributed by atoms with Crippen LogP contribution in [0.4, 0.5) is 4.39 Å². The van der Waals surface area contributed by atoms with Crippen LogP contribution in [-0.2, 0) is 29.1 Å². The molecule has 8 nitrogen and oxygen atoms in total. The highest BCUT2D eigenvalue weighted by Gasteiger charge is 2.56. The summed E-state index contributed by atoms with van der Waals surface area (Å²) in [5.74, 6) is -2.23. The van der Waals surface area contributed by atoms with Crippen LogP contribution in [0.2, 0.25) is 10.0 Å². The lowest BCUT2D eigenvalue weighted by Gasteiger charge is -2.48. The van der Waals surface area contributed by atoms with Crippen molar-refractivity contribution in [3.8, 4) is 0 Å². The maximum atomic E-state index is 14.0. The molecule has 0 radical (unpaired) electrons. The second kappa shape index (κ2) is 12.5. The number of nitrogens with one attached hydrogen (secondary N) is 1. The third-order valence-electron chi connectivity index (χ3n) is 8.14. The van der Waals surface area contributed by atoms with Crippen molar-refractivity contribution in [1.29, 1.82) is 0 Å². The number of hydrogen-bond acceptors (Lipinski definition) is 5. The monoisotopic (exact) mass is 648 g/mol. The van der Waals surface area contributed by atoms with E-state index in [9.17, 15) is 27.5 Å². The van der Waals surface area contributed by atoms with Gasteiger partial charge in [0, 0.05) is 22.6 Å². The van der Waals surface area contributed by atoms with E-state index in [4.69, 9.17) is 27.9 Å². The normalized spacial score (nSPS) is 22.3. The number of aliphatic carboxylic acids is 1. The van der Waals surface area contributed by atoms with Crippen molar-refractivity contribution >= 4 is 45.1 Å². The van der Waals surface area contributed by atoms with E-state index in [1.165, 1.54) is 24.3 Å². The zero-order valence-corrected chi connectivity index (χ0v) is 25.6. The SMILES string of the molecule is CC[C@@H](CNS(=O)(=O)C1(c2ccc(F)cc2)CC1)N1C(=O)[C@@H](CC(=O)O)O[C@H](c2cccc(Cl)c2)[C@H]1c1ccc(Cl)cc1. The van der Waals surface area contributed by atoms with E-state index in [-0.39, 0.29) is 6.54 Å². The van der Waals surface area contributed by atoms with Crippen LogP contribution in [0.3, 0.4) is 0 Å². The molecule has 0 unspecified atom stereocenters. The Bertz CT molecular complexity index is 1600. The van der Waals surface area contributed by atoms with Crippen molar-refractivity contribution in [2.24, 2.45) is 0 Å². The standard InChI is InChI=1S/C31H31Cl2FN2O6S/c1-2-25(18-35-43(40,41)31(14-15-31)21-8-12-24(34)13-9-21)36-28(19-6-10-22(32)11-7-19)29(20-4-3-5-23(33)16-20)42-26(30(36)39)17-27(37)38/h3-13,16,25-26,28-29,35H,2,14-15,17-18H2,1H3,(H,37,38)/t25-,26+,28+,29+/m0/s1. The van der Waals surface area contributed by atoms with Crippen LogP contribution in [-0.4, -0.2) is 49.0 Å². The summed E-state index contributed by atoms with van der Waals surface area (Å²) >= 11 is 12.5. The van der Waals surface area contributed by atoms with Gasteiger partial charge in [-0.05, 0) is 72.4 Å². The van der Waals surface area contributed by atoms with Crippen LogP contribution in [0.1, 0.15) is 61.4 Å². The highest BCUT2D eigenvalue weighted by atomic mass is 35.5. The second-order valence-electron chi connectivity index (χ2n) is 10.9. The van der Waals surface area contributed by atoms with Gasteiger partial charge in [-0.3, -0.25) is 9.59 Å². The number of benzene rings is 3. The molecule has 0 bridgehead atoms. The van der Waals surface area contributed by atoms with Gasteiger partial charge < -0.3 is 14.7 Å². The molecule has 0 aromatic heterocycles. The molecule has 1 heterocycles. The molecule has 228 valence electrons. The summed E-state index contributed by atoms with van der Waals surface area (Å²) < 4.78 is 48.7. The lowest BCUT2D eigenvalue weighted by Crippen LogP contribution is -2.57. The fraction of sp³-hybridized carbons (Fsp3) is 0.355. The van der Waals surface area contributed by atoms with Gasteiger partial charge in [-0.25, -0.2) is 17.5 Å². The molecular formula is C31H31Cl2FN2O6S. The van der Waals surface area contributed by atoms with Crippen molar-refractivity contribution in [2.75, 3.05) is 6.54 Å². The summed E-state index contributed by atoms with van der Waals surface area (Å²) in [5, 5.41) is 10.5. The van der Waals surface area contributed by atoms with Gasteiger partial charge in [-0.1, -0.05) is 66.5 Å². The van der Waals surface area contributed by atoms with Crippen molar-refractivity contribution in [3.05, 3.63) is 105 Å². The lowest BCUT2D eigenvalue weighted by atomic mass is 9.89. The number of halogens is 3. The average Bonchev–Trinajstić information content (AvgIpc) is 3.79. The molecule has 0 spiro atoms. The van der Waals surface area contributed by atoms with E-state index in [0.717, 1.165) is 0 Å². The molecule has 2 fully saturated rings. The summed E-state index contributed by atoms with van der Waals surface area (Å²) in [6.07, 6.45) is -1.59. The minimum absolute atomic E-state index is 0.125. The quantitative estimate of drug-likeness (QED) is 0.264. The van der Waals surface area contributed by atoms with Gasteiger partial charge in [0.1, 0.15) is 22.8 Å². The fourth-order valence-corrected chi connectivity index (χ4v) is 7.86. The van der Waals surface area contributed by atoms with Crippen LogP contribution in [0.25, 0.3) is 0 Å². The Hall–Kier alpha value is -3.02. The maximum absolute atomic E-state index is 14.0. The van der Waals surface area contributed by atoms with E-state index < -0.39 is 63.2 Å². The number of sulfonamides is 1. The number of carboxylic acid groups (broad SMARTS) is 1. The Kier molecular flexibility index (Phi) is 9.15. The summed E-state index contributed by atoms with van der Waals surface area (Å²) in [4.78, 5) is 27.3. The topological polar surface area (TPSA) is 113 Å². The first kappa shape index (κ1) is 31.4. The average molecular weight is 650 g/mol. The van der Waals surface area contributed by atoms with Gasteiger partial charge in [-0.15, -0.1) is 0 Å². The highest BCUT2D eigenvalue weighted by molar-refractivity contribution is 7.90. The van der Waals surface area contributed by atoms with Crippen LogP contribution in [0.15, 0.2) is 72.8 Å². The molecule has 5 rings (SSSR count). The number of carboxylic acids is 1. The molecule has 3 aromatic carbocycles. The zero-order valence-electron chi connectivity index (χ0n) is 23.3. The van der Waals surface area contributed by atoms with Gasteiger partial charge in [0.05, 0.1) is 12.5 Å². The molecule has 1 aliphatic heterocycles. The number of hydrogen-bond donors (Lipinski definition) is 2. The van der Waals surface area contributed by atoms with Crippen molar-refractivity contribution in [3.63, 3.8) is 0 Å². The fourth-order valence-electron chi connectivity index (χ4n) is 5.76. The number of carbonyl (C=O) groups excluding carboxylic acids is 1. The third-order valence-corrected chi connectivity index (χ3v) is 10.8. The van der Waals surface area contributed by atoms with E-state index in [2.05, 4.69) is 4.72 Å². The Morgan fingerprint density at radius 1 is 1.07 bits per heavy atom. The number of rotatable bonds is 11. The van der Waals surface area contributed by atoms with Gasteiger partial charge in [-0.2, -0.15) is 0 Å². The van der Waals surface area contributed by atoms with Gasteiger partial charge in [0.15, 0.2) is 0 Å². The highest BCUT2D eigenvalue weighted by Crippen LogP contribution is 2.52. The molecule has 3 aromatic rings. The maximum Gasteiger partial charge on any atom is 0.306 e. The predicted octanol–water partition coefficient (Wildman–Crippen LogP) is 6.00. The van der Waals surface area contributed by atoms with Gasteiger partial charge >= 0.3 is 5.97 Å². The van der Waals surface area contributed by atoms with Crippen molar-refractivity contribution in [1.82, 2.24) is 9.62 Å². The Labute approximate surface area is 259 Å². The number of amides is 1. The first-order chi connectivity index (χ1) is 20.5. The van der Waals surface area contributed by atoms with Crippen molar-refractivity contribution < 1.29 is 32.2 Å². The number of ether oxygens (including phenoxy) is 1. The van der Waals surface area contributed by atoms with Gasteiger partial charge in [0.25, 0.3) is 5.91 Å². The van der Waals surface area contributed by atoms with Crippen LogP contribution in [0, 0.1) is 5.82 Å². The minimum Gasteiger partial charge on any atom is -0.481 e. The largest absolute Gasteiger partial charge is 0.481 e. The molecule has 1 saturated heterocycles. The molecule has 12 heteroatoms. The van der Waals surface area contributed by atoms with E-state index in [1.54, 1.807) is 53.4 Å². The number of nitrogens with zero attached hydrogens (tertiary/aromatic N) is 1. The summed E-state index contributed by atoms with van der Waals surface area (Å²) in [5.41, 5.74) is 1.80. The molecule has 43 heavy (non-hydrogen) atoms. The summed E-state index contributed by atoms with van der Waals surface area (Å²) in [7, 11) is -3.94. The van der Waals surface area contributed by atoms with Crippen LogP contribution < -0.4 is 4.72 Å². The first-order valence-electron chi connectivity index (χ1n) is 13.9. The number of morpholine rings is 1. The van der Waals surface area contributed by atoms with E-state index in [0.29, 0.717) is 46.0 Å². The van der Waals surface area contributed by atoms with E-state index in [1.807, 2.05) is 6.92 Å². The van der Waals surface area contributed by atoms with Crippen LogP contribution >= 0.6 is 23.2 Å². The zero-order chi connectivity index (χ0) is 30.9. The second-order valence-corrected chi connectivity index (χ2v) is 13.8. The third kappa shape index (κ3) is 6.44. The molecule has 1 saturated carbocycles. The Balaban J connectivity index is 1.53. The molecule has 2 N–H and O–H groups in total. The molecule has 4 atom stereocenters. The Morgan fingerprint density at radius 2 is 1.74 bits per heavy atom. The lowest BCUT2D eigenvalue weighted by molar-refractivity contribution is -0.183. The van der Waals surface area contributed by atoms with Gasteiger partial charge in [0.2, 0.25) is 10.0 Å². The molecule has 1 amide bonds. The first-order valence-corrected chi connectivity index (χ1v) is 16.2. The summed E-state index contributed by atoms with van der Waals surface area (Å²) in [6.45, 7) is 1.70. The predicted molar refractivity (Wildman–Crippen MR) is 161 cm³/mol. The summed E-state index contributed by atoms with van der Waals surface area (Å²) in [6, 6.07) is 17.8. The molecule has 1 aliphatic carbocycles. The van der Waals surface area contributed by atoms with E-state index >= 15 is 0 Å².